The van der Waals surface area contributed by atoms with Gasteiger partial charge >= 0.3 is 0 Å². The second-order valence-electron chi connectivity index (χ2n) is 10.1. The normalized spacial score (nSPS) is 21.8. The van der Waals surface area contributed by atoms with Crippen molar-refractivity contribution in [3.05, 3.63) is 65.4 Å². The Morgan fingerprint density at radius 3 is 2.55 bits per heavy atom. The molecule has 2 fully saturated rings. The summed E-state index contributed by atoms with van der Waals surface area (Å²) in [6.07, 6.45) is 1.98. The Labute approximate surface area is 225 Å². The van der Waals surface area contributed by atoms with Gasteiger partial charge in [0.15, 0.2) is 20.4 Å². The van der Waals surface area contributed by atoms with Gasteiger partial charge in [-0.3, -0.25) is 9.69 Å². The average molecular weight is 555 g/mol. The van der Waals surface area contributed by atoms with Crippen LogP contribution in [0.25, 0.3) is 16.9 Å². The lowest BCUT2D eigenvalue weighted by atomic mass is 10.0. The first-order valence-electron chi connectivity index (χ1n) is 12.8. The topological polar surface area (TPSA) is 108 Å². The molecular formula is C27H30N4O5S2. The van der Waals surface area contributed by atoms with E-state index in [4.69, 9.17) is 9.84 Å². The number of sulfone groups is 1. The molecule has 4 heterocycles. The number of likely N-dealkylation sites (tertiary alicyclic amines) is 1. The monoisotopic (exact) mass is 554 g/mol. The van der Waals surface area contributed by atoms with Crippen molar-refractivity contribution in [2.45, 2.75) is 28.9 Å². The maximum atomic E-state index is 13.5. The van der Waals surface area contributed by atoms with Crippen molar-refractivity contribution in [2.24, 2.45) is 0 Å². The molecule has 2 saturated heterocycles. The zero-order chi connectivity index (χ0) is 26.4. The van der Waals surface area contributed by atoms with Crippen molar-refractivity contribution in [3.8, 4) is 16.9 Å². The third-order valence-electron chi connectivity index (χ3n) is 7.57. The minimum atomic E-state index is -3.03. The second kappa shape index (κ2) is 10.1. The highest BCUT2D eigenvalue weighted by molar-refractivity contribution is 7.91. The van der Waals surface area contributed by atoms with E-state index in [-0.39, 0.29) is 16.9 Å². The summed E-state index contributed by atoms with van der Waals surface area (Å²) in [5, 5.41) is 4.51. The van der Waals surface area contributed by atoms with Crippen molar-refractivity contribution in [2.75, 3.05) is 45.6 Å². The molecule has 38 heavy (non-hydrogen) atoms. The van der Waals surface area contributed by atoms with E-state index in [0.29, 0.717) is 57.1 Å². The number of carbonyl (C=O) groups excluding carboxylic acids is 1. The Kier molecular flexibility index (Phi) is 6.81. The molecule has 0 saturated carbocycles. The summed E-state index contributed by atoms with van der Waals surface area (Å²) in [6, 6.07) is 15.6. The van der Waals surface area contributed by atoms with Crippen LogP contribution in [0, 0.1) is 0 Å². The molecular weight excluding hydrogens is 524 g/mol. The fourth-order valence-corrected chi connectivity index (χ4v) is 7.85. The molecule has 1 aromatic heterocycles. The molecule has 0 radical (unpaired) electrons. The van der Waals surface area contributed by atoms with Gasteiger partial charge < -0.3 is 14.2 Å². The van der Waals surface area contributed by atoms with Gasteiger partial charge in [-0.25, -0.2) is 13.1 Å². The van der Waals surface area contributed by atoms with Crippen LogP contribution >= 0.6 is 0 Å². The van der Waals surface area contributed by atoms with E-state index in [1.54, 1.807) is 9.58 Å². The van der Waals surface area contributed by atoms with E-state index in [9.17, 15) is 17.8 Å². The largest absolute Gasteiger partial charge is 0.611 e. The van der Waals surface area contributed by atoms with Crippen LogP contribution < -0.4 is 0 Å². The molecule has 0 aliphatic carbocycles. The van der Waals surface area contributed by atoms with Gasteiger partial charge in [-0.1, -0.05) is 24.3 Å². The van der Waals surface area contributed by atoms with Crippen LogP contribution in [0.15, 0.2) is 53.4 Å². The fourth-order valence-electron chi connectivity index (χ4n) is 5.50. The summed E-state index contributed by atoms with van der Waals surface area (Å²) in [5.74, 6) is 0.0810. The Morgan fingerprint density at radius 2 is 1.84 bits per heavy atom. The molecule has 1 amide bonds. The van der Waals surface area contributed by atoms with Crippen molar-refractivity contribution in [1.82, 2.24) is 19.6 Å². The predicted molar refractivity (Wildman–Crippen MR) is 144 cm³/mol. The minimum absolute atomic E-state index is 0.161. The third kappa shape index (κ3) is 4.77. The second-order valence-corrected chi connectivity index (χ2v) is 13.9. The molecule has 3 aliphatic rings. The molecule has 0 bridgehead atoms. The summed E-state index contributed by atoms with van der Waals surface area (Å²) >= 11 is -1.26. The van der Waals surface area contributed by atoms with E-state index in [1.165, 1.54) is 6.26 Å². The number of morpholine rings is 1. The highest BCUT2D eigenvalue weighted by atomic mass is 32.2. The molecule has 6 rings (SSSR count). The van der Waals surface area contributed by atoms with Crippen molar-refractivity contribution < 1.29 is 22.5 Å². The highest BCUT2D eigenvalue weighted by Gasteiger charge is 2.37. The molecule has 2 atom stereocenters. The summed E-state index contributed by atoms with van der Waals surface area (Å²) in [5.41, 5.74) is 4.58. The number of rotatable bonds is 5. The van der Waals surface area contributed by atoms with Crippen LogP contribution in [0.3, 0.4) is 0 Å². The van der Waals surface area contributed by atoms with E-state index < -0.39 is 21.0 Å². The van der Waals surface area contributed by atoms with Gasteiger partial charge in [0.05, 0.1) is 41.0 Å². The number of hydrogen-bond donors (Lipinski definition) is 0. The molecule has 0 spiro atoms. The Bertz CT molecular complexity index is 1470. The quantitative estimate of drug-likeness (QED) is 0.445. The number of aromatic nitrogens is 2. The lowest BCUT2D eigenvalue weighted by Gasteiger charge is -2.26. The summed E-state index contributed by atoms with van der Waals surface area (Å²) in [4.78, 5) is 18.2. The number of ether oxygens (including phenoxy) is 1. The highest BCUT2D eigenvalue weighted by Crippen LogP contribution is 2.40. The van der Waals surface area contributed by atoms with Gasteiger partial charge in [-0.05, 0) is 54.0 Å². The van der Waals surface area contributed by atoms with Crippen molar-refractivity contribution >= 4 is 26.9 Å². The maximum absolute atomic E-state index is 13.5. The van der Waals surface area contributed by atoms with Gasteiger partial charge in [0.25, 0.3) is 5.91 Å². The molecule has 2 aromatic carbocycles. The van der Waals surface area contributed by atoms with Gasteiger partial charge in [0.1, 0.15) is 5.75 Å². The summed E-state index contributed by atoms with van der Waals surface area (Å²) in [7, 11) is -3.03. The lowest BCUT2D eigenvalue weighted by molar-refractivity contribution is 0.0298. The zero-order valence-corrected chi connectivity index (χ0v) is 22.8. The summed E-state index contributed by atoms with van der Waals surface area (Å²) < 4.78 is 44.2. The number of benzene rings is 2. The molecule has 3 aromatic rings. The van der Waals surface area contributed by atoms with E-state index >= 15 is 0 Å². The number of carbonyl (C=O) groups is 1. The number of amides is 1. The molecule has 2 unspecified atom stereocenters. The molecule has 3 aliphatic heterocycles. The first-order chi connectivity index (χ1) is 18.3. The smallest absolute Gasteiger partial charge is 0.275 e. The molecule has 0 N–H and O–H groups in total. The Morgan fingerprint density at radius 1 is 1.11 bits per heavy atom. The molecule has 11 heteroatoms. The van der Waals surface area contributed by atoms with Crippen molar-refractivity contribution in [3.63, 3.8) is 0 Å². The van der Waals surface area contributed by atoms with E-state index in [0.717, 1.165) is 33.9 Å². The van der Waals surface area contributed by atoms with Gasteiger partial charge in [0, 0.05) is 32.4 Å². The zero-order valence-electron chi connectivity index (χ0n) is 21.2. The van der Waals surface area contributed by atoms with Crippen LogP contribution in [-0.4, -0.2) is 89.4 Å². The number of hydrogen-bond acceptors (Lipinski definition) is 7. The van der Waals surface area contributed by atoms with Gasteiger partial charge in [0.2, 0.25) is 0 Å². The van der Waals surface area contributed by atoms with Crippen LogP contribution in [0.5, 0.6) is 0 Å². The predicted octanol–water partition coefficient (Wildman–Crippen LogP) is 2.25. The standard InChI is InChI=1S/C27H30N4O5S2/c1-38(34,35)21-10-11-29(17-21)16-19-6-8-20(9-7-19)31-26-22-4-2-3-5-24(22)37(33)18-23(26)25(28-31)27(32)30-12-14-36-15-13-30/h2-9,21H,10-18H2,1H3. The Balaban J connectivity index is 1.34. The Hall–Kier alpha value is -2.70. The van der Waals surface area contributed by atoms with Crippen molar-refractivity contribution in [1.29, 1.82) is 0 Å². The molecule has 9 nitrogen and oxygen atoms in total. The number of fused-ring (bicyclic) bond motifs is 3. The average Bonchev–Trinajstić information content (AvgIpc) is 3.55. The van der Waals surface area contributed by atoms with E-state index in [1.807, 2.05) is 48.5 Å². The minimum Gasteiger partial charge on any atom is -0.611 e. The third-order valence-corrected chi connectivity index (χ3v) is 10.6. The SMILES string of the molecule is CS(=O)(=O)C1CCN(Cc2ccc(-n3nc(C(=O)N4CCOCC4)c4c3-c3ccccc3[S+]([O-])C4)cc2)C1. The van der Waals surface area contributed by atoms with Gasteiger partial charge in [-0.15, -0.1) is 0 Å². The van der Waals surface area contributed by atoms with Crippen LogP contribution in [-0.2, 0) is 38.0 Å². The fraction of sp³-hybridized carbons (Fsp3) is 0.407. The van der Waals surface area contributed by atoms with Gasteiger partial charge in [-0.2, -0.15) is 5.10 Å². The molecule has 200 valence electrons. The first kappa shape index (κ1) is 25.6. The van der Waals surface area contributed by atoms with Crippen LogP contribution in [0.1, 0.15) is 28.0 Å². The first-order valence-corrected chi connectivity index (χ1v) is 16.0. The van der Waals surface area contributed by atoms with Crippen LogP contribution in [0.2, 0.25) is 0 Å². The lowest BCUT2D eigenvalue weighted by Crippen LogP contribution is -2.41. The van der Waals surface area contributed by atoms with E-state index in [2.05, 4.69) is 4.90 Å². The maximum Gasteiger partial charge on any atom is 0.275 e. The number of nitrogens with zero attached hydrogens (tertiary/aromatic N) is 4. The van der Waals surface area contributed by atoms with Crippen LogP contribution in [0.4, 0.5) is 0 Å². The summed E-state index contributed by atoms with van der Waals surface area (Å²) in [6.45, 7) is 3.98.